The van der Waals surface area contributed by atoms with Crippen LogP contribution < -0.4 is 10.2 Å². The lowest BCUT2D eigenvalue weighted by molar-refractivity contribution is 0.188. The number of ether oxygens (including phenoxy) is 1. The van der Waals surface area contributed by atoms with Crippen molar-refractivity contribution in [2.75, 3.05) is 31.2 Å². The molecule has 0 bridgehead atoms. The molecule has 2 saturated heterocycles. The molecule has 0 unspecified atom stereocenters. The van der Waals surface area contributed by atoms with Crippen molar-refractivity contribution in [3.8, 4) is 0 Å². The molecular formula is C14H19BrN2O. The molecule has 18 heavy (non-hydrogen) atoms. The molecule has 98 valence electrons. The van der Waals surface area contributed by atoms with Gasteiger partial charge in [0.15, 0.2) is 0 Å². The Kier molecular flexibility index (Phi) is 3.87. The summed E-state index contributed by atoms with van der Waals surface area (Å²) in [4.78, 5) is 2.46. The Labute approximate surface area is 117 Å². The van der Waals surface area contributed by atoms with Crippen LogP contribution in [-0.4, -0.2) is 38.4 Å². The second-order valence-corrected chi connectivity index (χ2v) is 5.96. The average Bonchev–Trinajstić information content (AvgIpc) is 3.02. The van der Waals surface area contributed by atoms with Gasteiger partial charge in [0.05, 0.1) is 12.3 Å². The first-order chi connectivity index (χ1) is 8.83. The number of nitrogens with one attached hydrogen (secondary N) is 1. The highest BCUT2D eigenvalue weighted by molar-refractivity contribution is 9.10. The van der Waals surface area contributed by atoms with Crippen molar-refractivity contribution in [2.45, 2.75) is 24.9 Å². The molecule has 0 radical (unpaired) electrons. The zero-order valence-electron chi connectivity index (χ0n) is 10.4. The lowest BCUT2D eigenvalue weighted by atomic mass is 10.2. The fourth-order valence-electron chi connectivity index (χ4n) is 2.82. The van der Waals surface area contributed by atoms with Crippen LogP contribution in [0.2, 0.25) is 0 Å². The van der Waals surface area contributed by atoms with Crippen LogP contribution in [0.5, 0.6) is 0 Å². The first-order valence-corrected chi connectivity index (χ1v) is 7.45. The summed E-state index contributed by atoms with van der Waals surface area (Å²) >= 11 is 3.63. The van der Waals surface area contributed by atoms with Crippen LogP contribution in [0.1, 0.15) is 12.8 Å². The normalized spacial score (nSPS) is 27.9. The van der Waals surface area contributed by atoms with Crippen molar-refractivity contribution in [3.63, 3.8) is 0 Å². The van der Waals surface area contributed by atoms with Gasteiger partial charge in [-0.3, -0.25) is 0 Å². The lowest BCUT2D eigenvalue weighted by Crippen LogP contribution is -2.40. The SMILES string of the molecule is Brc1ccccc1N1CC[C@@H](N[C@@H]2CCOC2)C1. The summed E-state index contributed by atoms with van der Waals surface area (Å²) in [6.45, 7) is 4.02. The minimum absolute atomic E-state index is 0.564. The van der Waals surface area contributed by atoms with Crippen LogP contribution in [0.25, 0.3) is 0 Å². The molecule has 2 aliphatic rings. The van der Waals surface area contributed by atoms with Gasteiger partial charge in [-0.15, -0.1) is 0 Å². The number of halogens is 1. The number of para-hydroxylation sites is 1. The molecular weight excluding hydrogens is 292 g/mol. The molecule has 2 aliphatic heterocycles. The van der Waals surface area contributed by atoms with Crippen LogP contribution in [0.3, 0.4) is 0 Å². The molecule has 1 aromatic rings. The van der Waals surface area contributed by atoms with Crippen LogP contribution in [0, 0.1) is 0 Å². The summed E-state index contributed by atoms with van der Waals surface area (Å²) in [5.41, 5.74) is 1.31. The first kappa shape index (κ1) is 12.5. The van der Waals surface area contributed by atoms with E-state index in [2.05, 4.69) is 50.4 Å². The molecule has 0 aromatic heterocycles. The van der Waals surface area contributed by atoms with Crippen LogP contribution in [-0.2, 0) is 4.74 Å². The standard InChI is InChI=1S/C14H19BrN2O/c15-13-3-1-2-4-14(13)17-7-5-11(9-17)16-12-6-8-18-10-12/h1-4,11-12,16H,5-10H2/t11-,12-/m1/s1. The maximum absolute atomic E-state index is 5.41. The number of benzene rings is 1. The van der Waals surface area contributed by atoms with Gasteiger partial charge in [0.25, 0.3) is 0 Å². The highest BCUT2D eigenvalue weighted by Crippen LogP contribution is 2.28. The third kappa shape index (κ3) is 2.71. The van der Waals surface area contributed by atoms with E-state index in [1.165, 1.54) is 16.6 Å². The Morgan fingerprint density at radius 3 is 2.89 bits per heavy atom. The average molecular weight is 311 g/mol. The number of anilines is 1. The van der Waals surface area contributed by atoms with Gasteiger partial charge in [0.2, 0.25) is 0 Å². The fraction of sp³-hybridized carbons (Fsp3) is 0.571. The Hall–Kier alpha value is -0.580. The van der Waals surface area contributed by atoms with Crippen molar-refractivity contribution in [1.82, 2.24) is 5.32 Å². The summed E-state index contributed by atoms with van der Waals surface area (Å²) in [5.74, 6) is 0. The van der Waals surface area contributed by atoms with Crippen LogP contribution in [0.4, 0.5) is 5.69 Å². The minimum atomic E-state index is 0.564. The van der Waals surface area contributed by atoms with Crippen LogP contribution >= 0.6 is 15.9 Å². The summed E-state index contributed by atoms with van der Waals surface area (Å²) in [6.07, 6.45) is 2.38. The second-order valence-electron chi connectivity index (χ2n) is 5.11. The van der Waals surface area contributed by atoms with Gasteiger partial charge in [0.1, 0.15) is 0 Å². The maximum Gasteiger partial charge on any atom is 0.0620 e. The number of hydrogen-bond acceptors (Lipinski definition) is 3. The Bertz CT molecular complexity index is 407. The third-order valence-electron chi connectivity index (χ3n) is 3.78. The van der Waals surface area contributed by atoms with Crippen molar-refractivity contribution in [1.29, 1.82) is 0 Å². The predicted octanol–water partition coefficient (Wildman–Crippen LogP) is 2.41. The molecule has 2 fully saturated rings. The monoisotopic (exact) mass is 310 g/mol. The van der Waals surface area contributed by atoms with E-state index >= 15 is 0 Å². The first-order valence-electron chi connectivity index (χ1n) is 6.66. The van der Waals surface area contributed by atoms with Gasteiger partial charge in [-0.1, -0.05) is 12.1 Å². The molecule has 4 heteroatoms. The van der Waals surface area contributed by atoms with Gasteiger partial charge in [-0.25, -0.2) is 0 Å². The number of rotatable bonds is 3. The zero-order valence-corrected chi connectivity index (χ0v) is 12.0. The second kappa shape index (κ2) is 5.59. The molecule has 2 atom stereocenters. The molecule has 3 rings (SSSR count). The summed E-state index contributed by atoms with van der Waals surface area (Å²) < 4.78 is 6.60. The van der Waals surface area contributed by atoms with Gasteiger partial charge < -0.3 is 15.0 Å². The molecule has 0 spiro atoms. The third-order valence-corrected chi connectivity index (χ3v) is 4.45. The van der Waals surface area contributed by atoms with Crippen molar-refractivity contribution in [3.05, 3.63) is 28.7 Å². The molecule has 0 amide bonds. The quantitative estimate of drug-likeness (QED) is 0.928. The number of nitrogens with zero attached hydrogens (tertiary/aromatic N) is 1. The molecule has 3 nitrogen and oxygen atoms in total. The maximum atomic E-state index is 5.41. The zero-order chi connectivity index (χ0) is 12.4. The number of hydrogen-bond donors (Lipinski definition) is 1. The smallest absolute Gasteiger partial charge is 0.0620 e. The Morgan fingerprint density at radius 2 is 2.11 bits per heavy atom. The van der Waals surface area contributed by atoms with E-state index in [1.54, 1.807) is 0 Å². The molecule has 0 aliphatic carbocycles. The lowest BCUT2D eigenvalue weighted by Gasteiger charge is -2.21. The largest absolute Gasteiger partial charge is 0.380 e. The summed E-state index contributed by atoms with van der Waals surface area (Å²) in [6, 6.07) is 9.63. The highest BCUT2D eigenvalue weighted by Gasteiger charge is 2.27. The molecule has 0 saturated carbocycles. The van der Waals surface area contributed by atoms with Gasteiger partial charge in [-0.05, 0) is 40.9 Å². The Balaban J connectivity index is 1.59. The van der Waals surface area contributed by atoms with Crippen molar-refractivity contribution < 1.29 is 4.74 Å². The highest BCUT2D eigenvalue weighted by atomic mass is 79.9. The topological polar surface area (TPSA) is 24.5 Å². The van der Waals surface area contributed by atoms with E-state index < -0.39 is 0 Å². The van der Waals surface area contributed by atoms with E-state index in [9.17, 15) is 0 Å². The van der Waals surface area contributed by atoms with Crippen LogP contribution in [0.15, 0.2) is 28.7 Å². The van der Waals surface area contributed by atoms with Crippen molar-refractivity contribution in [2.24, 2.45) is 0 Å². The van der Waals surface area contributed by atoms with Gasteiger partial charge in [-0.2, -0.15) is 0 Å². The molecule has 2 heterocycles. The Morgan fingerprint density at radius 1 is 1.22 bits per heavy atom. The molecule has 1 aromatic carbocycles. The summed E-state index contributed by atoms with van der Waals surface area (Å²) in [5, 5.41) is 3.72. The van der Waals surface area contributed by atoms with E-state index in [-0.39, 0.29) is 0 Å². The van der Waals surface area contributed by atoms with Crippen molar-refractivity contribution >= 4 is 21.6 Å². The summed E-state index contributed by atoms with van der Waals surface area (Å²) in [7, 11) is 0. The van der Waals surface area contributed by atoms with E-state index in [0.717, 1.165) is 32.7 Å². The fourth-order valence-corrected chi connectivity index (χ4v) is 3.36. The minimum Gasteiger partial charge on any atom is -0.380 e. The van der Waals surface area contributed by atoms with Gasteiger partial charge >= 0.3 is 0 Å². The van der Waals surface area contributed by atoms with Gasteiger partial charge in [0, 0.05) is 36.3 Å². The van der Waals surface area contributed by atoms with E-state index in [1.807, 2.05) is 0 Å². The van der Waals surface area contributed by atoms with E-state index in [4.69, 9.17) is 4.74 Å². The van der Waals surface area contributed by atoms with E-state index in [0.29, 0.717) is 12.1 Å². The molecule has 1 N–H and O–H groups in total. The predicted molar refractivity (Wildman–Crippen MR) is 77.1 cm³/mol.